The minimum absolute atomic E-state index is 0.212. The number of hydrogen-bond acceptors (Lipinski definition) is 3. The lowest BCUT2D eigenvalue weighted by atomic mass is 10.1. The molecule has 0 amide bonds. The Morgan fingerprint density at radius 3 is 2.62 bits per heavy atom. The van der Waals surface area contributed by atoms with Crippen molar-refractivity contribution in [3.8, 4) is 5.75 Å². The van der Waals surface area contributed by atoms with Crippen LogP contribution >= 0.6 is 0 Å². The molecule has 0 aliphatic rings. The molecule has 0 aliphatic carbocycles. The molecule has 0 bridgehead atoms. The van der Waals surface area contributed by atoms with Gasteiger partial charge < -0.3 is 14.8 Å². The molecule has 0 radical (unpaired) electrons. The van der Waals surface area contributed by atoms with Crippen molar-refractivity contribution in [3.05, 3.63) is 59.7 Å². The van der Waals surface area contributed by atoms with E-state index in [9.17, 15) is 0 Å². The molecule has 0 aromatic heterocycles. The van der Waals surface area contributed by atoms with E-state index in [1.165, 1.54) is 11.1 Å². The number of methoxy groups -OCH3 is 2. The molecule has 112 valence electrons. The van der Waals surface area contributed by atoms with Crippen molar-refractivity contribution >= 4 is 5.69 Å². The zero-order chi connectivity index (χ0) is 15.1. The van der Waals surface area contributed by atoms with Gasteiger partial charge in [0.15, 0.2) is 0 Å². The second kappa shape index (κ2) is 7.70. The summed E-state index contributed by atoms with van der Waals surface area (Å²) < 4.78 is 10.5. The number of benzene rings is 2. The van der Waals surface area contributed by atoms with Crippen molar-refractivity contribution in [1.82, 2.24) is 0 Å². The Morgan fingerprint density at radius 2 is 1.86 bits per heavy atom. The minimum atomic E-state index is 0.212. The lowest BCUT2D eigenvalue weighted by Crippen LogP contribution is -2.09. The minimum Gasteiger partial charge on any atom is -0.497 e. The van der Waals surface area contributed by atoms with Crippen LogP contribution in [0, 0.1) is 0 Å². The average molecular weight is 285 g/mol. The Labute approximate surface area is 126 Å². The molecule has 0 saturated carbocycles. The summed E-state index contributed by atoms with van der Waals surface area (Å²) in [4.78, 5) is 0. The SMILES string of the molecule is COCCc1ccccc1NC(C)c1cccc(OC)c1. The molecule has 2 rings (SSSR count). The van der Waals surface area contributed by atoms with Crippen molar-refractivity contribution in [3.63, 3.8) is 0 Å². The topological polar surface area (TPSA) is 30.5 Å². The lowest BCUT2D eigenvalue weighted by Gasteiger charge is -2.19. The Kier molecular flexibility index (Phi) is 5.64. The van der Waals surface area contributed by atoms with Gasteiger partial charge in [-0.3, -0.25) is 0 Å². The van der Waals surface area contributed by atoms with Gasteiger partial charge in [-0.05, 0) is 42.7 Å². The molecule has 2 aromatic rings. The fourth-order valence-electron chi connectivity index (χ4n) is 2.32. The van der Waals surface area contributed by atoms with Gasteiger partial charge >= 0.3 is 0 Å². The molecule has 2 aromatic carbocycles. The fraction of sp³-hybridized carbons (Fsp3) is 0.333. The number of rotatable bonds is 7. The van der Waals surface area contributed by atoms with Gasteiger partial charge in [0.05, 0.1) is 13.7 Å². The van der Waals surface area contributed by atoms with Crippen LogP contribution < -0.4 is 10.1 Å². The van der Waals surface area contributed by atoms with Crippen LogP contribution in [0.4, 0.5) is 5.69 Å². The number of para-hydroxylation sites is 1. The molecule has 1 unspecified atom stereocenters. The van der Waals surface area contributed by atoms with E-state index in [1.807, 2.05) is 12.1 Å². The van der Waals surface area contributed by atoms with Crippen molar-refractivity contribution in [2.24, 2.45) is 0 Å². The molecule has 3 nitrogen and oxygen atoms in total. The van der Waals surface area contributed by atoms with Crippen LogP contribution in [0.3, 0.4) is 0 Å². The van der Waals surface area contributed by atoms with Crippen molar-refractivity contribution in [1.29, 1.82) is 0 Å². The number of hydrogen-bond donors (Lipinski definition) is 1. The molecule has 0 fully saturated rings. The molecule has 1 atom stereocenters. The van der Waals surface area contributed by atoms with Crippen LogP contribution in [-0.4, -0.2) is 20.8 Å². The lowest BCUT2D eigenvalue weighted by molar-refractivity contribution is 0.202. The smallest absolute Gasteiger partial charge is 0.119 e. The van der Waals surface area contributed by atoms with Gasteiger partial charge in [-0.25, -0.2) is 0 Å². The highest BCUT2D eigenvalue weighted by Crippen LogP contribution is 2.25. The molecule has 0 spiro atoms. The molecule has 1 N–H and O–H groups in total. The Bertz CT molecular complexity index is 569. The summed E-state index contributed by atoms with van der Waals surface area (Å²) in [5, 5.41) is 3.58. The normalized spacial score (nSPS) is 12.0. The summed E-state index contributed by atoms with van der Waals surface area (Å²) in [5.74, 6) is 0.883. The maximum atomic E-state index is 5.29. The summed E-state index contributed by atoms with van der Waals surface area (Å²) in [6, 6.07) is 16.7. The molecular weight excluding hydrogens is 262 g/mol. The van der Waals surface area contributed by atoms with E-state index in [0.29, 0.717) is 0 Å². The second-order valence-electron chi connectivity index (χ2n) is 5.04. The number of anilines is 1. The summed E-state index contributed by atoms with van der Waals surface area (Å²) >= 11 is 0. The summed E-state index contributed by atoms with van der Waals surface area (Å²) in [5.41, 5.74) is 3.63. The van der Waals surface area contributed by atoms with Crippen molar-refractivity contribution in [2.75, 3.05) is 26.1 Å². The maximum absolute atomic E-state index is 5.29. The van der Waals surface area contributed by atoms with E-state index in [1.54, 1.807) is 14.2 Å². The van der Waals surface area contributed by atoms with Crippen molar-refractivity contribution < 1.29 is 9.47 Å². The van der Waals surface area contributed by atoms with E-state index in [4.69, 9.17) is 9.47 Å². The van der Waals surface area contributed by atoms with Gasteiger partial charge in [0, 0.05) is 18.8 Å². The molecular formula is C18H23NO2. The zero-order valence-corrected chi connectivity index (χ0v) is 12.9. The highest BCUT2D eigenvalue weighted by Gasteiger charge is 2.09. The van der Waals surface area contributed by atoms with Gasteiger partial charge in [-0.1, -0.05) is 30.3 Å². The van der Waals surface area contributed by atoms with E-state index in [0.717, 1.165) is 24.5 Å². The predicted molar refractivity (Wildman–Crippen MR) is 87.1 cm³/mol. The van der Waals surface area contributed by atoms with Crippen LogP contribution in [-0.2, 0) is 11.2 Å². The standard InChI is InChI=1S/C18H23NO2/c1-14(16-8-6-9-17(13-16)21-3)19-18-10-5-4-7-15(18)11-12-20-2/h4-10,13-14,19H,11-12H2,1-3H3. The highest BCUT2D eigenvalue weighted by molar-refractivity contribution is 5.53. The van der Waals surface area contributed by atoms with E-state index in [-0.39, 0.29) is 6.04 Å². The van der Waals surface area contributed by atoms with Gasteiger partial charge in [-0.2, -0.15) is 0 Å². The fourth-order valence-corrected chi connectivity index (χ4v) is 2.32. The maximum Gasteiger partial charge on any atom is 0.119 e. The van der Waals surface area contributed by atoms with Gasteiger partial charge in [0.2, 0.25) is 0 Å². The highest BCUT2D eigenvalue weighted by atomic mass is 16.5. The number of ether oxygens (including phenoxy) is 2. The van der Waals surface area contributed by atoms with E-state index in [2.05, 4.69) is 48.6 Å². The average Bonchev–Trinajstić information content (AvgIpc) is 2.54. The van der Waals surface area contributed by atoms with Crippen LogP contribution in [0.15, 0.2) is 48.5 Å². The largest absolute Gasteiger partial charge is 0.497 e. The molecule has 0 aliphatic heterocycles. The Balaban J connectivity index is 2.13. The van der Waals surface area contributed by atoms with Gasteiger partial charge in [-0.15, -0.1) is 0 Å². The first-order chi connectivity index (χ1) is 10.2. The second-order valence-corrected chi connectivity index (χ2v) is 5.04. The van der Waals surface area contributed by atoms with Gasteiger partial charge in [0.25, 0.3) is 0 Å². The van der Waals surface area contributed by atoms with E-state index >= 15 is 0 Å². The number of nitrogens with one attached hydrogen (secondary N) is 1. The first-order valence-corrected chi connectivity index (χ1v) is 7.22. The van der Waals surface area contributed by atoms with Crippen LogP contribution in [0.2, 0.25) is 0 Å². The first-order valence-electron chi connectivity index (χ1n) is 7.22. The van der Waals surface area contributed by atoms with Gasteiger partial charge in [0.1, 0.15) is 5.75 Å². The Hall–Kier alpha value is -2.00. The monoisotopic (exact) mass is 285 g/mol. The molecule has 0 saturated heterocycles. The third-order valence-electron chi connectivity index (χ3n) is 3.56. The summed E-state index contributed by atoms with van der Waals surface area (Å²) in [6.45, 7) is 2.88. The van der Waals surface area contributed by atoms with E-state index < -0.39 is 0 Å². The van der Waals surface area contributed by atoms with Crippen molar-refractivity contribution in [2.45, 2.75) is 19.4 Å². The summed E-state index contributed by atoms with van der Waals surface area (Å²) in [6.07, 6.45) is 0.907. The quantitative estimate of drug-likeness (QED) is 0.832. The van der Waals surface area contributed by atoms with Crippen LogP contribution in [0.5, 0.6) is 5.75 Å². The first kappa shape index (κ1) is 15.4. The Morgan fingerprint density at radius 1 is 1.05 bits per heavy atom. The predicted octanol–water partition coefficient (Wildman–Crippen LogP) is 4.06. The third-order valence-corrected chi connectivity index (χ3v) is 3.56. The summed E-state index contributed by atoms with van der Waals surface area (Å²) in [7, 11) is 3.42. The molecule has 21 heavy (non-hydrogen) atoms. The molecule has 0 heterocycles. The zero-order valence-electron chi connectivity index (χ0n) is 12.9. The molecule has 3 heteroatoms. The van der Waals surface area contributed by atoms with Crippen LogP contribution in [0.1, 0.15) is 24.1 Å². The van der Waals surface area contributed by atoms with Crippen LogP contribution in [0.25, 0.3) is 0 Å². The third kappa shape index (κ3) is 4.23.